The molecule has 0 atom stereocenters. The number of hydrogen-bond acceptors (Lipinski definition) is 3. The van der Waals surface area contributed by atoms with E-state index in [-0.39, 0.29) is 13.8 Å². The zero-order valence-corrected chi connectivity index (χ0v) is 23.8. The van der Waals surface area contributed by atoms with Crippen LogP contribution in [0, 0.1) is 62.3 Å². The van der Waals surface area contributed by atoms with E-state index in [0.717, 1.165) is 50.1 Å². The van der Waals surface area contributed by atoms with Crippen molar-refractivity contribution in [1.82, 2.24) is 0 Å². The first-order valence-electron chi connectivity index (χ1n) is 11.6. The van der Waals surface area contributed by atoms with E-state index >= 15 is 0 Å². The molecule has 0 N–H and O–H groups in total. The van der Waals surface area contributed by atoms with Crippen molar-refractivity contribution in [2.45, 2.75) is 62.3 Å². The van der Waals surface area contributed by atoms with E-state index in [4.69, 9.17) is 0 Å². The van der Waals surface area contributed by atoms with Crippen LogP contribution in [0.25, 0.3) is 0 Å². The van der Waals surface area contributed by atoms with Crippen molar-refractivity contribution in [2.24, 2.45) is 0 Å². The molecule has 175 valence electrons. The Hall–Kier alpha value is -2.79. The summed E-state index contributed by atoms with van der Waals surface area (Å²) in [7, 11) is 0. The summed E-state index contributed by atoms with van der Waals surface area (Å²) >= 11 is -3.71. The Bertz CT molecular complexity index is 1110. The van der Waals surface area contributed by atoms with Gasteiger partial charge in [0.15, 0.2) is 0 Å². The molecule has 0 aromatic heterocycles. The van der Waals surface area contributed by atoms with Gasteiger partial charge < -0.3 is 0 Å². The molecule has 0 saturated carbocycles. The van der Waals surface area contributed by atoms with Crippen LogP contribution in [0.4, 0.5) is 0 Å². The second kappa shape index (κ2) is 9.83. The second-order valence-corrected chi connectivity index (χ2v) is 14.1. The van der Waals surface area contributed by atoms with Gasteiger partial charge in [-0.05, 0) is 0 Å². The molecule has 3 aromatic rings. The van der Waals surface area contributed by atoms with E-state index in [9.17, 15) is 14.4 Å². The van der Waals surface area contributed by atoms with Gasteiger partial charge >= 0.3 is 208 Å². The van der Waals surface area contributed by atoms with Gasteiger partial charge in [0.05, 0.1) is 0 Å². The number of rotatable bonds is 6. The Morgan fingerprint density at radius 2 is 0.588 bits per heavy atom. The van der Waals surface area contributed by atoms with Gasteiger partial charge in [0.2, 0.25) is 0 Å². The molecule has 0 heterocycles. The Kier molecular flexibility index (Phi) is 7.47. The third-order valence-electron chi connectivity index (χ3n) is 6.39. The van der Waals surface area contributed by atoms with Gasteiger partial charge in [-0.3, -0.25) is 0 Å². The Morgan fingerprint density at radius 3 is 0.765 bits per heavy atom. The van der Waals surface area contributed by atoms with E-state index in [0.29, 0.717) is 16.7 Å². The van der Waals surface area contributed by atoms with Gasteiger partial charge in [0.1, 0.15) is 0 Å². The van der Waals surface area contributed by atoms with E-state index < -0.39 is 14.3 Å². The second-order valence-electron chi connectivity index (χ2n) is 9.68. The number of aryl methyl sites for hydroxylation is 9. The summed E-state index contributed by atoms with van der Waals surface area (Å²) in [5.41, 5.74) is 9.71. The normalized spacial score (nSPS) is 11.1. The van der Waals surface area contributed by atoms with Crippen molar-refractivity contribution in [3.8, 4) is 0 Å². The van der Waals surface area contributed by atoms with Crippen LogP contribution in [0.3, 0.4) is 0 Å². The fourth-order valence-electron chi connectivity index (χ4n) is 5.30. The molecule has 0 amide bonds. The standard InChI is InChI=1S/C30H33GeO3/c1-16-10-19(4)25(20(5)11-16)28(32)31(29(33)26-21(6)12-17(2)13-22(26)7)30(34)27-23(8)14-18(3)15-24(27)9/h10-15H,1-9H3. The maximum absolute atomic E-state index is 14.1. The third-order valence-corrected chi connectivity index (χ3v) is 10.8. The van der Waals surface area contributed by atoms with Gasteiger partial charge in [-0.15, -0.1) is 0 Å². The van der Waals surface area contributed by atoms with Crippen molar-refractivity contribution in [3.05, 3.63) is 103 Å². The van der Waals surface area contributed by atoms with Crippen LogP contribution in [-0.4, -0.2) is 28.2 Å². The average Bonchev–Trinajstić information content (AvgIpc) is 2.65. The summed E-state index contributed by atoms with van der Waals surface area (Å²) < 4.78 is -0.781. The summed E-state index contributed by atoms with van der Waals surface area (Å²) in [4.78, 5) is 42.4. The van der Waals surface area contributed by atoms with E-state index in [1.54, 1.807) is 0 Å². The van der Waals surface area contributed by atoms with Crippen molar-refractivity contribution in [1.29, 1.82) is 0 Å². The van der Waals surface area contributed by atoms with Crippen LogP contribution < -0.4 is 0 Å². The Balaban J connectivity index is 2.28. The van der Waals surface area contributed by atoms with E-state index in [2.05, 4.69) is 0 Å². The number of carbonyl (C=O) groups is 3. The van der Waals surface area contributed by atoms with Crippen molar-refractivity contribution in [3.63, 3.8) is 0 Å². The molecule has 3 nitrogen and oxygen atoms in total. The van der Waals surface area contributed by atoms with Gasteiger partial charge in [-0.1, -0.05) is 0 Å². The van der Waals surface area contributed by atoms with Crippen molar-refractivity contribution < 1.29 is 14.4 Å². The van der Waals surface area contributed by atoms with E-state index in [1.165, 1.54) is 0 Å². The molecular formula is C30H33GeO3. The van der Waals surface area contributed by atoms with Gasteiger partial charge in [-0.2, -0.15) is 0 Å². The topological polar surface area (TPSA) is 51.2 Å². The van der Waals surface area contributed by atoms with Crippen LogP contribution >= 0.6 is 0 Å². The van der Waals surface area contributed by atoms with Gasteiger partial charge in [0, 0.05) is 0 Å². The molecule has 4 heteroatoms. The van der Waals surface area contributed by atoms with Gasteiger partial charge in [0.25, 0.3) is 0 Å². The zero-order valence-electron chi connectivity index (χ0n) is 21.7. The minimum atomic E-state index is -3.71. The predicted molar refractivity (Wildman–Crippen MR) is 141 cm³/mol. The number of benzene rings is 3. The Labute approximate surface area is 207 Å². The molecule has 0 aliphatic rings. The molecule has 34 heavy (non-hydrogen) atoms. The predicted octanol–water partition coefficient (Wildman–Crippen LogP) is 6.52. The first-order chi connectivity index (χ1) is 15.8. The molecule has 1 radical (unpaired) electrons. The molecule has 0 aliphatic carbocycles. The van der Waals surface area contributed by atoms with E-state index in [1.807, 2.05) is 98.7 Å². The molecular weight excluding hydrogens is 481 g/mol. The third kappa shape index (κ3) is 4.85. The molecule has 0 unspecified atom stereocenters. The summed E-state index contributed by atoms with van der Waals surface area (Å²) in [5.74, 6) is 0. The van der Waals surface area contributed by atoms with Crippen LogP contribution in [0.15, 0.2) is 36.4 Å². The summed E-state index contributed by atoms with van der Waals surface area (Å²) in [6.07, 6.45) is 0. The van der Waals surface area contributed by atoms with Crippen LogP contribution in [0.1, 0.15) is 81.1 Å². The quantitative estimate of drug-likeness (QED) is 0.352. The van der Waals surface area contributed by atoms with Crippen LogP contribution in [0.5, 0.6) is 0 Å². The minimum absolute atomic E-state index is 0.260. The Morgan fingerprint density at radius 1 is 0.412 bits per heavy atom. The molecule has 0 fully saturated rings. The molecule has 0 bridgehead atoms. The first-order valence-corrected chi connectivity index (χ1v) is 14.7. The molecule has 0 spiro atoms. The first kappa shape index (κ1) is 25.8. The number of carbonyl (C=O) groups excluding carboxylic acids is 3. The molecule has 0 saturated heterocycles. The summed E-state index contributed by atoms with van der Waals surface area (Å²) in [5, 5.41) is 0. The average molecular weight is 514 g/mol. The molecule has 3 rings (SSSR count). The summed E-state index contributed by atoms with van der Waals surface area (Å²) in [6.45, 7) is 17.3. The van der Waals surface area contributed by atoms with Crippen molar-refractivity contribution in [2.75, 3.05) is 0 Å². The zero-order chi connectivity index (χ0) is 25.5. The van der Waals surface area contributed by atoms with Crippen molar-refractivity contribution >= 4 is 28.2 Å². The SMILES string of the molecule is Cc1cc(C)c([C](=O)[Ge]([C](=O)c2c(C)cc(C)cc2C)[C](=O)c2c(C)cc(C)cc2C)c(C)c1. The molecule has 0 aliphatic heterocycles. The van der Waals surface area contributed by atoms with Gasteiger partial charge in [-0.25, -0.2) is 0 Å². The summed E-state index contributed by atoms with van der Waals surface area (Å²) in [6, 6.07) is 11.7. The monoisotopic (exact) mass is 515 g/mol. The van der Waals surface area contributed by atoms with Crippen LogP contribution in [0.2, 0.25) is 0 Å². The maximum atomic E-state index is 14.1. The van der Waals surface area contributed by atoms with Crippen LogP contribution in [-0.2, 0) is 0 Å². The fraction of sp³-hybridized carbons (Fsp3) is 0.300. The fourth-order valence-corrected chi connectivity index (χ4v) is 10.7. The molecule has 3 aromatic carbocycles. The number of hydrogen-bond donors (Lipinski definition) is 0.